The molecule has 1 heterocycles. The standard InChI is InChI=1S/C18H21N5OS2/c19-13-18(9-5-2-6-10-18)21-15(24)12-25-17-23-22-16(26-17)20-11-14-7-3-1-4-8-14/h1,3-4,7-8H,2,5-6,9-12H2,(H,20,22)(H,21,24). The third-order valence-electron chi connectivity index (χ3n) is 4.32. The van der Waals surface area contributed by atoms with E-state index in [9.17, 15) is 10.1 Å². The Morgan fingerprint density at radius 3 is 2.73 bits per heavy atom. The van der Waals surface area contributed by atoms with Crippen LogP contribution in [0, 0.1) is 11.3 Å². The maximum atomic E-state index is 12.2. The summed E-state index contributed by atoms with van der Waals surface area (Å²) in [6.07, 6.45) is 4.61. The average Bonchev–Trinajstić information content (AvgIpc) is 3.14. The summed E-state index contributed by atoms with van der Waals surface area (Å²) in [5, 5.41) is 24.5. The lowest BCUT2D eigenvalue weighted by Gasteiger charge is -2.31. The summed E-state index contributed by atoms with van der Waals surface area (Å²) in [7, 11) is 0. The fourth-order valence-corrected chi connectivity index (χ4v) is 4.51. The predicted octanol–water partition coefficient (Wildman–Crippen LogP) is 3.58. The summed E-state index contributed by atoms with van der Waals surface area (Å²) in [6.45, 7) is 0.686. The fourth-order valence-electron chi connectivity index (χ4n) is 2.96. The SMILES string of the molecule is N#CC1(NC(=O)CSc2nnc(NCc3ccccc3)s2)CCCCC1. The van der Waals surface area contributed by atoms with Gasteiger partial charge >= 0.3 is 0 Å². The maximum absolute atomic E-state index is 12.2. The number of amides is 1. The number of benzene rings is 1. The molecule has 8 heteroatoms. The van der Waals surface area contributed by atoms with E-state index in [0.29, 0.717) is 6.54 Å². The van der Waals surface area contributed by atoms with Crippen molar-refractivity contribution in [1.82, 2.24) is 15.5 Å². The predicted molar refractivity (Wildman–Crippen MR) is 104 cm³/mol. The molecule has 2 aromatic rings. The first kappa shape index (κ1) is 18.7. The van der Waals surface area contributed by atoms with E-state index in [-0.39, 0.29) is 11.7 Å². The molecule has 0 spiro atoms. The highest BCUT2D eigenvalue weighted by molar-refractivity contribution is 8.01. The van der Waals surface area contributed by atoms with E-state index < -0.39 is 5.54 Å². The molecule has 0 bridgehead atoms. The van der Waals surface area contributed by atoms with Crippen molar-refractivity contribution in [3.8, 4) is 6.07 Å². The molecule has 0 unspecified atom stereocenters. The van der Waals surface area contributed by atoms with Crippen molar-refractivity contribution in [2.75, 3.05) is 11.1 Å². The van der Waals surface area contributed by atoms with Crippen LogP contribution in [0.3, 0.4) is 0 Å². The number of hydrogen-bond donors (Lipinski definition) is 2. The Balaban J connectivity index is 1.45. The Labute approximate surface area is 161 Å². The van der Waals surface area contributed by atoms with Gasteiger partial charge in [0.2, 0.25) is 11.0 Å². The first-order valence-corrected chi connectivity index (χ1v) is 10.5. The summed E-state index contributed by atoms with van der Waals surface area (Å²) in [5.74, 6) is 0.129. The summed E-state index contributed by atoms with van der Waals surface area (Å²) in [4.78, 5) is 12.2. The molecular weight excluding hydrogens is 366 g/mol. The van der Waals surface area contributed by atoms with Gasteiger partial charge in [-0.1, -0.05) is 72.7 Å². The Hall–Kier alpha value is -2.11. The Bertz CT molecular complexity index is 765. The van der Waals surface area contributed by atoms with Crippen LogP contribution in [0.1, 0.15) is 37.7 Å². The van der Waals surface area contributed by atoms with Gasteiger partial charge in [0.1, 0.15) is 5.54 Å². The molecule has 1 aromatic carbocycles. The van der Waals surface area contributed by atoms with E-state index in [1.54, 1.807) is 0 Å². The summed E-state index contributed by atoms with van der Waals surface area (Å²) in [5.41, 5.74) is 0.491. The molecule has 1 aliphatic carbocycles. The van der Waals surface area contributed by atoms with Gasteiger partial charge in [0.05, 0.1) is 11.8 Å². The van der Waals surface area contributed by atoms with E-state index in [1.807, 2.05) is 30.3 Å². The quantitative estimate of drug-likeness (QED) is 0.706. The molecule has 1 aliphatic rings. The monoisotopic (exact) mass is 387 g/mol. The molecule has 3 rings (SSSR count). The topological polar surface area (TPSA) is 90.7 Å². The summed E-state index contributed by atoms with van der Waals surface area (Å²) in [6, 6.07) is 12.4. The van der Waals surface area contributed by atoms with Gasteiger partial charge in [-0.2, -0.15) is 5.26 Å². The molecule has 0 radical (unpaired) electrons. The molecule has 1 fully saturated rings. The largest absolute Gasteiger partial charge is 0.356 e. The highest BCUT2D eigenvalue weighted by Crippen LogP contribution is 2.29. The zero-order chi connectivity index (χ0) is 18.2. The van der Waals surface area contributed by atoms with Crippen LogP contribution < -0.4 is 10.6 Å². The van der Waals surface area contributed by atoms with Gasteiger partial charge < -0.3 is 10.6 Å². The van der Waals surface area contributed by atoms with E-state index in [4.69, 9.17) is 0 Å². The number of thioether (sulfide) groups is 1. The van der Waals surface area contributed by atoms with Crippen molar-refractivity contribution in [3.63, 3.8) is 0 Å². The van der Waals surface area contributed by atoms with Crippen LogP contribution in [-0.4, -0.2) is 27.4 Å². The lowest BCUT2D eigenvalue weighted by Crippen LogP contribution is -2.49. The fraction of sp³-hybridized carbons (Fsp3) is 0.444. The number of hydrogen-bond acceptors (Lipinski definition) is 7. The van der Waals surface area contributed by atoms with E-state index in [1.165, 1.54) is 28.7 Å². The molecular formula is C18H21N5OS2. The van der Waals surface area contributed by atoms with Crippen molar-refractivity contribution in [2.45, 2.75) is 48.5 Å². The third kappa shape index (κ3) is 5.19. The van der Waals surface area contributed by atoms with Gasteiger partial charge in [0.15, 0.2) is 4.34 Å². The molecule has 136 valence electrons. The van der Waals surface area contributed by atoms with Gasteiger partial charge in [-0.25, -0.2) is 0 Å². The number of carbonyl (C=O) groups is 1. The number of nitrogens with zero attached hydrogens (tertiary/aromatic N) is 3. The van der Waals surface area contributed by atoms with Crippen molar-refractivity contribution in [2.24, 2.45) is 0 Å². The van der Waals surface area contributed by atoms with Crippen molar-refractivity contribution in [3.05, 3.63) is 35.9 Å². The zero-order valence-corrected chi connectivity index (χ0v) is 16.0. The summed E-state index contributed by atoms with van der Waals surface area (Å²) < 4.78 is 0.741. The van der Waals surface area contributed by atoms with Crippen LogP contribution in [0.4, 0.5) is 5.13 Å². The Morgan fingerprint density at radius 1 is 1.23 bits per heavy atom. The maximum Gasteiger partial charge on any atom is 0.231 e. The molecule has 1 amide bonds. The number of nitriles is 1. The van der Waals surface area contributed by atoms with E-state index >= 15 is 0 Å². The minimum absolute atomic E-state index is 0.118. The van der Waals surface area contributed by atoms with Crippen LogP contribution in [-0.2, 0) is 11.3 Å². The van der Waals surface area contributed by atoms with Gasteiger partial charge in [-0.05, 0) is 18.4 Å². The molecule has 0 saturated heterocycles. The smallest absolute Gasteiger partial charge is 0.231 e. The lowest BCUT2D eigenvalue weighted by molar-refractivity contribution is -0.120. The number of rotatable bonds is 7. The van der Waals surface area contributed by atoms with Crippen LogP contribution in [0.25, 0.3) is 0 Å². The molecule has 2 N–H and O–H groups in total. The number of aromatic nitrogens is 2. The van der Waals surface area contributed by atoms with Crippen molar-refractivity contribution in [1.29, 1.82) is 5.26 Å². The lowest BCUT2D eigenvalue weighted by atomic mass is 9.83. The van der Waals surface area contributed by atoms with Gasteiger partial charge in [-0.15, -0.1) is 10.2 Å². The Kier molecular flexibility index (Phi) is 6.47. The average molecular weight is 388 g/mol. The van der Waals surface area contributed by atoms with Crippen molar-refractivity contribution < 1.29 is 4.79 Å². The summed E-state index contributed by atoms with van der Waals surface area (Å²) >= 11 is 2.78. The normalized spacial score (nSPS) is 15.8. The highest BCUT2D eigenvalue weighted by atomic mass is 32.2. The number of nitrogens with one attached hydrogen (secondary N) is 2. The molecule has 26 heavy (non-hydrogen) atoms. The second-order valence-corrected chi connectivity index (χ2v) is 8.50. The zero-order valence-electron chi connectivity index (χ0n) is 14.4. The first-order valence-electron chi connectivity index (χ1n) is 8.65. The van der Waals surface area contributed by atoms with E-state index in [0.717, 1.165) is 41.6 Å². The van der Waals surface area contributed by atoms with Gasteiger partial charge in [0.25, 0.3) is 0 Å². The van der Waals surface area contributed by atoms with Crippen LogP contribution >= 0.6 is 23.1 Å². The number of anilines is 1. The molecule has 0 aliphatic heterocycles. The van der Waals surface area contributed by atoms with Crippen LogP contribution in [0.5, 0.6) is 0 Å². The molecule has 0 atom stereocenters. The number of carbonyl (C=O) groups excluding carboxylic acids is 1. The minimum atomic E-state index is -0.681. The minimum Gasteiger partial charge on any atom is -0.356 e. The molecule has 6 nitrogen and oxygen atoms in total. The molecule has 1 aromatic heterocycles. The van der Waals surface area contributed by atoms with Crippen molar-refractivity contribution >= 4 is 34.1 Å². The second-order valence-electron chi connectivity index (χ2n) is 6.30. The molecule has 1 saturated carbocycles. The van der Waals surface area contributed by atoms with E-state index in [2.05, 4.69) is 26.9 Å². The van der Waals surface area contributed by atoms with Gasteiger partial charge in [-0.3, -0.25) is 4.79 Å². The van der Waals surface area contributed by atoms with Gasteiger partial charge in [0, 0.05) is 6.54 Å². The second kappa shape index (κ2) is 9.01. The highest BCUT2D eigenvalue weighted by Gasteiger charge is 2.33. The Morgan fingerprint density at radius 2 is 2.00 bits per heavy atom. The first-order chi connectivity index (χ1) is 12.7. The van der Waals surface area contributed by atoms with Crippen LogP contribution in [0.15, 0.2) is 34.7 Å². The third-order valence-corrected chi connectivity index (χ3v) is 6.33. The van der Waals surface area contributed by atoms with Crippen LogP contribution in [0.2, 0.25) is 0 Å².